The molecule has 1 saturated carbocycles. The van der Waals surface area contributed by atoms with Gasteiger partial charge in [0.15, 0.2) is 0 Å². The van der Waals surface area contributed by atoms with E-state index in [9.17, 15) is 5.26 Å². The van der Waals surface area contributed by atoms with Crippen LogP contribution in [0.2, 0.25) is 0 Å². The third-order valence-electron chi connectivity index (χ3n) is 4.28. The number of allylic oxidation sites excluding steroid dienone is 6. The molecule has 0 radical (unpaired) electrons. The van der Waals surface area contributed by atoms with Gasteiger partial charge in [-0.2, -0.15) is 26.3 Å². The smallest absolute Gasteiger partial charge is 0.138 e. The minimum absolute atomic E-state index is 0.201. The molecule has 1 aliphatic carbocycles. The molecular weight excluding hydrogens is 346 g/mol. The summed E-state index contributed by atoms with van der Waals surface area (Å²) in [6.45, 7) is 0. The highest BCUT2D eigenvalue weighted by Gasteiger charge is 2.41. The molecule has 0 bridgehead atoms. The molecule has 2 aromatic rings. The van der Waals surface area contributed by atoms with Crippen molar-refractivity contribution in [3.05, 3.63) is 88.0 Å². The summed E-state index contributed by atoms with van der Waals surface area (Å²) in [7, 11) is 0. The van der Waals surface area contributed by atoms with Crippen molar-refractivity contribution in [1.29, 1.82) is 26.3 Å². The summed E-state index contributed by atoms with van der Waals surface area (Å²) in [5.74, 6) is 0. The van der Waals surface area contributed by atoms with Gasteiger partial charge >= 0.3 is 0 Å². The number of hydrogen-bond acceptors (Lipinski definition) is 5. The van der Waals surface area contributed by atoms with Crippen molar-refractivity contribution in [3.8, 4) is 41.5 Å². The third-order valence-corrected chi connectivity index (χ3v) is 4.28. The van der Waals surface area contributed by atoms with Crippen molar-refractivity contribution in [3.63, 3.8) is 0 Å². The van der Waals surface area contributed by atoms with E-state index in [1.54, 1.807) is 36.4 Å². The average molecular weight is 355 g/mol. The van der Waals surface area contributed by atoms with Crippen molar-refractivity contribution in [2.45, 2.75) is 0 Å². The first-order chi connectivity index (χ1) is 13.7. The van der Waals surface area contributed by atoms with Gasteiger partial charge in [-0.3, -0.25) is 0 Å². The lowest BCUT2D eigenvalue weighted by Crippen LogP contribution is -1.83. The topological polar surface area (TPSA) is 119 Å². The molecule has 0 amide bonds. The summed E-state index contributed by atoms with van der Waals surface area (Å²) in [6.07, 6.45) is 0. The Morgan fingerprint density at radius 2 is 0.964 bits per heavy atom. The van der Waals surface area contributed by atoms with Crippen molar-refractivity contribution in [2.24, 2.45) is 0 Å². The van der Waals surface area contributed by atoms with E-state index in [-0.39, 0.29) is 27.9 Å². The second-order valence-corrected chi connectivity index (χ2v) is 5.75. The summed E-state index contributed by atoms with van der Waals surface area (Å²) in [6, 6.07) is 26.1. The fourth-order valence-corrected chi connectivity index (χ4v) is 2.94. The first-order valence-electron chi connectivity index (χ1n) is 8.10. The average Bonchev–Trinajstić information content (AvgIpc) is 3.46. The third kappa shape index (κ3) is 3.03. The molecule has 0 spiro atoms. The predicted molar refractivity (Wildman–Crippen MR) is 101 cm³/mol. The van der Waals surface area contributed by atoms with E-state index in [1.807, 2.05) is 42.5 Å². The Bertz CT molecular complexity index is 1190. The minimum Gasteiger partial charge on any atom is -0.192 e. The van der Waals surface area contributed by atoms with Gasteiger partial charge in [0.2, 0.25) is 0 Å². The van der Waals surface area contributed by atoms with Crippen LogP contribution in [0.25, 0.3) is 16.7 Å². The SMILES string of the molecule is N#CC(C#N)=C1C(=C(C#N)C#N)C1=C(C#N)c1ccc(-c2ccccc2)cc1. The molecule has 0 aliphatic heterocycles. The number of hydrogen-bond donors (Lipinski definition) is 0. The van der Waals surface area contributed by atoms with Gasteiger partial charge in [0.25, 0.3) is 0 Å². The molecule has 2 aromatic carbocycles. The molecule has 3 rings (SSSR count). The molecule has 1 fully saturated rings. The van der Waals surface area contributed by atoms with Crippen molar-refractivity contribution in [2.75, 3.05) is 0 Å². The Hall–Kier alpha value is -4.89. The van der Waals surface area contributed by atoms with E-state index in [0.29, 0.717) is 11.1 Å². The fourth-order valence-electron chi connectivity index (χ4n) is 2.94. The Morgan fingerprint density at radius 1 is 0.500 bits per heavy atom. The van der Waals surface area contributed by atoms with Gasteiger partial charge in [0, 0.05) is 16.7 Å². The van der Waals surface area contributed by atoms with Gasteiger partial charge < -0.3 is 0 Å². The van der Waals surface area contributed by atoms with Crippen LogP contribution in [0.4, 0.5) is 0 Å². The zero-order valence-electron chi connectivity index (χ0n) is 14.4. The van der Waals surface area contributed by atoms with Crippen LogP contribution in [0.15, 0.2) is 82.5 Å². The molecule has 0 saturated heterocycles. The van der Waals surface area contributed by atoms with Gasteiger partial charge in [-0.1, -0.05) is 54.6 Å². The van der Waals surface area contributed by atoms with Crippen LogP contribution in [-0.4, -0.2) is 0 Å². The molecule has 0 N–H and O–H groups in total. The second kappa shape index (κ2) is 7.56. The Balaban J connectivity index is 2.18. The van der Waals surface area contributed by atoms with Crippen LogP contribution in [0, 0.1) is 56.7 Å². The van der Waals surface area contributed by atoms with E-state index >= 15 is 0 Å². The summed E-state index contributed by atoms with van der Waals surface area (Å²) in [5, 5.41) is 46.3. The molecule has 5 heteroatoms. The molecule has 1 aliphatic rings. The quantitative estimate of drug-likeness (QED) is 0.743. The number of nitriles is 5. The molecule has 0 heterocycles. The summed E-state index contributed by atoms with van der Waals surface area (Å²) >= 11 is 0. The van der Waals surface area contributed by atoms with Gasteiger partial charge in [0.05, 0.1) is 5.57 Å². The van der Waals surface area contributed by atoms with Crippen LogP contribution in [0.5, 0.6) is 0 Å². The number of benzene rings is 2. The summed E-state index contributed by atoms with van der Waals surface area (Å²) < 4.78 is 0. The van der Waals surface area contributed by atoms with Crippen LogP contribution in [-0.2, 0) is 0 Å². The van der Waals surface area contributed by atoms with Crippen LogP contribution in [0.3, 0.4) is 0 Å². The first kappa shape index (κ1) is 17.9. The fraction of sp³-hybridized carbons (Fsp3) is 0. The predicted octanol–water partition coefficient (Wildman–Crippen LogP) is 4.33. The van der Waals surface area contributed by atoms with Crippen molar-refractivity contribution < 1.29 is 0 Å². The molecule has 0 aromatic heterocycles. The first-order valence-corrected chi connectivity index (χ1v) is 8.10. The Morgan fingerprint density at radius 3 is 1.39 bits per heavy atom. The lowest BCUT2D eigenvalue weighted by atomic mass is 10.00. The van der Waals surface area contributed by atoms with Gasteiger partial charge in [-0.15, -0.1) is 0 Å². The maximum atomic E-state index is 9.68. The molecule has 28 heavy (non-hydrogen) atoms. The highest BCUT2D eigenvalue weighted by atomic mass is 14.4. The monoisotopic (exact) mass is 355 g/mol. The van der Waals surface area contributed by atoms with E-state index in [1.165, 1.54) is 0 Å². The highest BCUT2D eigenvalue weighted by Crippen LogP contribution is 2.52. The summed E-state index contributed by atoms with van der Waals surface area (Å²) in [4.78, 5) is 0. The molecule has 5 nitrogen and oxygen atoms in total. The maximum Gasteiger partial charge on any atom is 0.138 e. The highest BCUT2D eigenvalue weighted by molar-refractivity contribution is 6.00. The zero-order chi connectivity index (χ0) is 20.1. The van der Waals surface area contributed by atoms with Crippen LogP contribution in [0.1, 0.15) is 5.56 Å². The van der Waals surface area contributed by atoms with Gasteiger partial charge in [0.1, 0.15) is 41.5 Å². The molecular formula is C23H9N5. The van der Waals surface area contributed by atoms with E-state index in [4.69, 9.17) is 21.0 Å². The van der Waals surface area contributed by atoms with Crippen molar-refractivity contribution >= 4 is 5.57 Å². The van der Waals surface area contributed by atoms with Gasteiger partial charge in [-0.25, -0.2) is 0 Å². The second-order valence-electron chi connectivity index (χ2n) is 5.75. The largest absolute Gasteiger partial charge is 0.192 e. The number of nitrogens with zero attached hydrogens (tertiary/aromatic N) is 5. The Labute approximate surface area is 161 Å². The number of rotatable bonds is 2. The van der Waals surface area contributed by atoms with E-state index in [2.05, 4.69) is 6.07 Å². The minimum atomic E-state index is -0.221. The molecule has 0 atom stereocenters. The van der Waals surface area contributed by atoms with Crippen LogP contribution < -0.4 is 0 Å². The lowest BCUT2D eigenvalue weighted by Gasteiger charge is -2.03. The van der Waals surface area contributed by atoms with E-state index < -0.39 is 0 Å². The molecule has 126 valence electrons. The van der Waals surface area contributed by atoms with Crippen molar-refractivity contribution in [1.82, 2.24) is 0 Å². The summed E-state index contributed by atoms with van der Waals surface area (Å²) in [5.41, 5.74) is 3.07. The zero-order valence-corrected chi connectivity index (χ0v) is 14.4. The van der Waals surface area contributed by atoms with Gasteiger partial charge in [-0.05, 0) is 16.7 Å². The Kier molecular flexibility index (Phi) is 4.84. The maximum absolute atomic E-state index is 9.68. The standard InChI is InChI=1S/C23H9N5/c24-10-18(11-25)21-22(19(12-26)13-27)23(21)20(14-28)17-8-6-16(7-9-17)15-4-2-1-3-5-15/h1-9H. The van der Waals surface area contributed by atoms with E-state index in [0.717, 1.165) is 11.1 Å². The lowest BCUT2D eigenvalue weighted by molar-refractivity contribution is 1.45. The normalized spacial score (nSPS) is 11.2. The molecule has 0 unspecified atom stereocenters. The van der Waals surface area contributed by atoms with Crippen LogP contribution >= 0.6 is 0 Å².